The number of amides is 1. The van der Waals surface area contributed by atoms with Crippen molar-refractivity contribution in [3.8, 4) is 0 Å². The van der Waals surface area contributed by atoms with Crippen molar-refractivity contribution in [1.82, 2.24) is 9.88 Å². The number of carbonyl (C=O) groups excluding carboxylic acids is 1. The van der Waals surface area contributed by atoms with Crippen molar-refractivity contribution in [2.45, 2.75) is 19.4 Å². The largest absolute Gasteiger partial charge is 0.334 e. The van der Waals surface area contributed by atoms with E-state index in [0.29, 0.717) is 18.0 Å². The molecular weight excluding hydrogens is 236 g/mol. The van der Waals surface area contributed by atoms with Gasteiger partial charge in [0.05, 0.1) is 0 Å². The van der Waals surface area contributed by atoms with Crippen LogP contribution in [0.5, 0.6) is 0 Å². The van der Waals surface area contributed by atoms with Crippen molar-refractivity contribution in [2.24, 2.45) is 0 Å². The van der Waals surface area contributed by atoms with Crippen LogP contribution in [-0.2, 0) is 6.54 Å². The van der Waals surface area contributed by atoms with Gasteiger partial charge >= 0.3 is 0 Å². The van der Waals surface area contributed by atoms with E-state index in [1.54, 1.807) is 24.5 Å². The van der Waals surface area contributed by atoms with Crippen molar-refractivity contribution in [3.05, 3.63) is 65.5 Å². The van der Waals surface area contributed by atoms with Gasteiger partial charge in [-0.05, 0) is 29.2 Å². The monoisotopic (exact) mass is 252 g/mol. The van der Waals surface area contributed by atoms with Crippen molar-refractivity contribution in [3.63, 3.8) is 0 Å². The summed E-state index contributed by atoms with van der Waals surface area (Å²) in [7, 11) is 0. The molecule has 0 saturated heterocycles. The summed E-state index contributed by atoms with van der Waals surface area (Å²) >= 11 is 0. The Labute approximate surface area is 112 Å². The van der Waals surface area contributed by atoms with Crippen molar-refractivity contribution < 1.29 is 4.79 Å². The van der Waals surface area contributed by atoms with Crippen molar-refractivity contribution in [1.29, 1.82) is 0 Å². The first-order valence-electron chi connectivity index (χ1n) is 6.53. The quantitative estimate of drug-likeness (QED) is 0.782. The van der Waals surface area contributed by atoms with Crippen LogP contribution in [0.25, 0.3) is 0 Å². The Balaban J connectivity index is 1.88. The Kier molecular flexibility index (Phi) is 3.03. The number of hydrogen-bond donors (Lipinski definition) is 0. The lowest BCUT2D eigenvalue weighted by molar-refractivity contribution is 0.0720. The lowest BCUT2D eigenvalue weighted by atomic mass is 9.91. The Bertz CT molecular complexity index is 595. The second-order valence-corrected chi connectivity index (χ2v) is 5.02. The van der Waals surface area contributed by atoms with E-state index in [0.717, 1.165) is 6.54 Å². The molecule has 0 saturated carbocycles. The SMILES string of the molecule is CC1CN(C(=O)c2ccncc2)Cc2ccccc21. The molecule has 1 unspecified atom stereocenters. The summed E-state index contributed by atoms with van der Waals surface area (Å²) in [4.78, 5) is 18.3. The van der Waals surface area contributed by atoms with Crippen LogP contribution >= 0.6 is 0 Å². The summed E-state index contributed by atoms with van der Waals surface area (Å²) in [6, 6.07) is 11.9. The maximum atomic E-state index is 12.5. The van der Waals surface area contributed by atoms with Crippen LogP contribution in [0.3, 0.4) is 0 Å². The molecule has 1 amide bonds. The number of pyridine rings is 1. The predicted molar refractivity (Wildman–Crippen MR) is 73.8 cm³/mol. The van der Waals surface area contributed by atoms with Crippen LogP contribution in [0, 0.1) is 0 Å². The highest BCUT2D eigenvalue weighted by Gasteiger charge is 2.25. The van der Waals surface area contributed by atoms with Gasteiger partial charge in [-0.15, -0.1) is 0 Å². The average molecular weight is 252 g/mol. The van der Waals surface area contributed by atoms with E-state index in [-0.39, 0.29) is 5.91 Å². The van der Waals surface area contributed by atoms with Gasteiger partial charge in [-0.25, -0.2) is 0 Å². The number of hydrogen-bond acceptors (Lipinski definition) is 2. The fourth-order valence-electron chi connectivity index (χ4n) is 2.69. The first kappa shape index (κ1) is 11.9. The maximum Gasteiger partial charge on any atom is 0.254 e. The second kappa shape index (κ2) is 4.84. The molecule has 1 aliphatic heterocycles. The first-order valence-corrected chi connectivity index (χ1v) is 6.53. The van der Waals surface area contributed by atoms with E-state index in [1.807, 2.05) is 11.0 Å². The molecule has 0 radical (unpaired) electrons. The van der Waals surface area contributed by atoms with Crippen LogP contribution in [0.2, 0.25) is 0 Å². The topological polar surface area (TPSA) is 33.2 Å². The Morgan fingerprint density at radius 2 is 1.95 bits per heavy atom. The summed E-state index contributed by atoms with van der Waals surface area (Å²) in [5.74, 6) is 0.472. The Morgan fingerprint density at radius 3 is 2.74 bits per heavy atom. The molecule has 0 N–H and O–H groups in total. The van der Waals surface area contributed by atoms with E-state index < -0.39 is 0 Å². The van der Waals surface area contributed by atoms with Crippen LogP contribution < -0.4 is 0 Å². The van der Waals surface area contributed by atoms with Gasteiger partial charge in [-0.1, -0.05) is 31.2 Å². The summed E-state index contributed by atoms with van der Waals surface area (Å²) in [6.07, 6.45) is 3.32. The van der Waals surface area contributed by atoms with Gasteiger partial charge in [0, 0.05) is 31.0 Å². The maximum absolute atomic E-state index is 12.5. The molecule has 3 heteroatoms. The highest BCUT2D eigenvalue weighted by Crippen LogP contribution is 2.28. The highest BCUT2D eigenvalue weighted by atomic mass is 16.2. The van der Waals surface area contributed by atoms with Gasteiger partial charge in [0.15, 0.2) is 0 Å². The molecule has 1 aromatic carbocycles. The van der Waals surface area contributed by atoms with Crippen LogP contribution in [0.1, 0.15) is 34.3 Å². The Morgan fingerprint density at radius 1 is 1.21 bits per heavy atom. The summed E-state index contributed by atoms with van der Waals surface area (Å²) in [6.45, 7) is 3.64. The minimum absolute atomic E-state index is 0.0868. The van der Waals surface area contributed by atoms with Gasteiger partial charge in [0.25, 0.3) is 5.91 Å². The zero-order chi connectivity index (χ0) is 13.2. The third-order valence-corrected chi connectivity index (χ3v) is 3.66. The molecule has 1 atom stereocenters. The molecule has 0 bridgehead atoms. The van der Waals surface area contributed by atoms with Crippen LogP contribution in [0.15, 0.2) is 48.8 Å². The number of nitrogens with zero attached hydrogens (tertiary/aromatic N) is 2. The fourth-order valence-corrected chi connectivity index (χ4v) is 2.69. The number of fused-ring (bicyclic) bond motifs is 1. The van der Waals surface area contributed by atoms with Gasteiger partial charge in [-0.2, -0.15) is 0 Å². The lowest BCUT2D eigenvalue weighted by Crippen LogP contribution is -2.37. The molecule has 96 valence electrons. The van der Waals surface area contributed by atoms with Gasteiger partial charge in [0.1, 0.15) is 0 Å². The molecule has 3 nitrogen and oxygen atoms in total. The fraction of sp³-hybridized carbons (Fsp3) is 0.250. The molecule has 0 aliphatic carbocycles. The molecule has 2 heterocycles. The molecule has 0 spiro atoms. The summed E-state index contributed by atoms with van der Waals surface area (Å²) < 4.78 is 0. The predicted octanol–water partition coefficient (Wildman–Crippen LogP) is 2.84. The van der Waals surface area contributed by atoms with Crippen molar-refractivity contribution >= 4 is 5.91 Å². The minimum Gasteiger partial charge on any atom is -0.334 e. The molecule has 2 aromatic rings. The van der Waals surface area contributed by atoms with Crippen molar-refractivity contribution in [2.75, 3.05) is 6.54 Å². The first-order chi connectivity index (χ1) is 9.25. The van der Waals surface area contributed by atoms with Gasteiger partial charge in [-0.3, -0.25) is 9.78 Å². The van der Waals surface area contributed by atoms with E-state index in [9.17, 15) is 4.79 Å². The molecular formula is C16H16N2O. The molecule has 19 heavy (non-hydrogen) atoms. The Hall–Kier alpha value is -2.16. The average Bonchev–Trinajstić information content (AvgIpc) is 2.47. The number of carbonyl (C=O) groups is 1. The lowest BCUT2D eigenvalue weighted by Gasteiger charge is -2.33. The second-order valence-electron chi connectivity index (χ2n) is 5.02. The molecule has 3 rings (SSSR count). The summed E-state index contributed by atoms with van der Waals surface area (Å²) in [5.41, 5.74) is 3.33. The van der Waals surface area contributed by atoms with Gasteiger partial charge < -0.3 is 4.90 Å². The number of benzene rings is 1. The molecule has 1 aromatic heterocycles. The van der Waals surface area contributed by atoms with Crippen LogP contribution in [0.4, 0.5) is 0 Å². The molecule has 0 fully saturated rings. The zero-order valence-electron chi connectivity index (χ0n) is 10.9. The third kappa shape index (κ3) is 2.24. The standard InChI is InChI=1S/C16H16N2O/c1-12-10-18(11-14-4-2-3-5-15(12)14)16(19)13-6-8-17-9-7-13/h2-9,12H,10-11H2,1H3. The van der Waals surface area contributed by atoms with E-state index in [1.165, 1.54) is 11.1 Å². The van der Waals surface area contributed by atoms with E-state index >= 15 is 0 Å². The van der Waals surface area contributed by atoms with E-state index in [2.05, 4.69) is 30.1 Å². The summed E-state index contributed by atoms with van der Waals surface area (Å²) in [5, 5.41) is 0. The third-order valence-electron chi connectivity index (χ3n) is 3.66. The highest BCUT2D eigenvalue weighted by molar-refractivity contribution is 5.94. The van der Waals surface area contributed by atoms with Crippen LogP contribution in [-0.4, -0.2) is 22.3 Å². The number of rotatable bonds is 1. The minimum atomic E-state index is 0.0868. The number of aromatic nitrogens is 1. The van der Waals surface area contributed by atoms with Gasteiger partial charge in [0.2, 0.25) is 0 Å². The molecule has 1 aliphatic rings. The normalized spacial score (nSPS) is 17.9. The van der Waals surface area contributed by atoms with E-state index in [4.69, 9.17) is 0 Å². The smallest absolute Gasteiger partial charge is 0.254 e. The zero-order valence-corrected chi connectivity index (χ0v) is 10.9.